The van der Waals surface area contributed by atoms with Crippen molar-refractivity contribution < 1.29 is 0 Å². The van der Waals surface area contributed by atoms with Crippen LogP contribution in [-0.2, 0) is 5.41 Å². The number of rotatable bonds is 0. The van der Waals surface area contributed by atoms with Crippen LogP contribution in [0.5, 0.6) is 0 Å². The van der Waals surface area contributed by atoms with Crippen molar-refractivity contribution in [3.63, 3.8) is 0 Å². The van der Waals surface area contributed by atoms with Gasteiger partial charge >= 0.3 is 6.85 Å². The second-order valence-corrected chi connectivity index (χ2v) is 13.3. The molecule has 1 aromatic heterocycles. The van der Waals surface area contributed by atoms with E-state index < -0.39 is 0 Å². The highest BCUT2D eigenvalue weighted by atomic mass is 32.2. The Morgan fingerprint density at radius 3 is 2.42 bits per heavy atom. The molecule has 0 amide bonds. The monoisotopic (exact) mass is 528 g/mol. The molecule has 5 aromatic carbocycles. The van der Waals surface area contributed by atoms with Crippen LogP contribution in [0.15, 0.2) is 107 Å². The van der Waals surface area contributed by atoms with E-state index in [0.717, 1.165) is 0 Å². The van der Waals surface area contributed by atoms with Crippen molar-refractivity contribution in [3.05, 3.63) is 114 Å². The Bertz CT molecular complexity index is 2150. The lowest BCUT2D eigenvalue weighted by molar-refractivity contribution is 0.632. The number of aromatic nitrogens is 1. The second-order valence-electron chi connectivity index (χ2n) is 12.2. The van der Waals surface area contributed by atoms with Crippen LogP contribution in [0.4, 0.5) is 17.1 Å². The van der Waals surface area contributed by atoms with E-state index in [-0.39, 0.29) is 12.3 Å². The minimum absolute atomic E-state index is 0.0993. The summed E-state index contributed by atoms with van der Waals surface area (Å²) in [5, 5.41) is 1.38. The molecule has 0 saturated carbocycles. The van der Waals surface area contributed by atoms with Gasteiger partial charge in [0.05, 0.1) is 11.4 Å². The molecule has 188 valence electrons. The quantitative estimate of drug-likeness (QED) is 0.184. The van der Waals surface area contributed by atoms with Gasteiger partial charge in [0.2, 0.25) is 0 Å². The number of hydrogen-bond acceptors (Lipinski definition) is 2. The average molecular weight is 528 g/mol. The fourth-order valence-corrected chi connectivity index (χ4v) is 9.40. The number of benzene rings is 5. The number of nitrogens with zero attached hydrogens (tertiary/aromatic N) is 2. The standard InChI is InChI=1S/C36H25BN2S/c1-20-18-24-21-11-8-12-23-31-22-10-4-5-13-25(22)36(2,3)35(31)39(33(21)23)37-26-14-9-17-30-34(26)38(28(19-20)32(24)37)27-15-6-7-16-29(27)40-30/h4-19H,1-3H3. The molecular formula is C36H25BN2S. The molecule has 0 atom stereocenters. The first kappa shape index (κ1) is 21.6. The molecular weight excluding hydrogens is 503 g/mol. The zero-order chi connectivity index (χ0) is 26.5. The molecule has 0 fully saturated rings. The van der Waals surface area contributed by atoms with Gasteiger partial charge in [-0.15, -0.1) is 0 Å². The molecule has 4 aliphatic rings. The third-order valence-electron chi connectivity index (χ3n) is 9.73. The zero-order valence-electron chi connectivity index (χ0n) is 22.6. The van der Waals surface area contributed by atoms with Crippen LogP contribution >= 0.6 is 11.8 Å². The number of anilines is 3. The highest BCUT2D eigenvalue weighted by Gasteiger charge is 2.49. The van der Waals surface area contributed by atoms with E-state index in [1.54, 1.807) is 0 Å². The smallest absolute Gasteiger partial charge is 0.332 e. The van der Waals surface area contributed by atoms with Crippen molar-refractivity contribution >= 4 is 57.5 Å². The summed E-state index contributed by atoms with van der Waals surface area (Å²) in [4.78, 5) is 5.22. The normalized spacial score (nSPS) is 15.9. The lowest BCUT2D eigenvalue weighted by Gasteiger charge is -2.44. The van der Waals surface area contributed by atoms with Crippen LogP contribution in [0.2, 0.25) is 0 Å². The number of fused-ring (bicyclic) bond motifs is 11. The number of aryl methyl sites for hydroxylation is 1. The van der Waals surface area contributed by atoms with E-state index in [1.165, 1.54) is 87.8 Å². The summed E-state index contributed by atoms with van der Waals surface area (Å²) >= 11 is 1.91. The van der Waals surface area contributed by atoms with Crippen molar-refractivity contribution in [1.82, 2.24) is 4.48 Å². The van der Waals surface area contributed by atoms with E-state index in [9.17, 15) is 0 Å². The second kappa shape index (κ2) is 6.94. The molecule has 4 heterocycles. The largest absolute Gasteiger partial charge is 0.378 e. The Kier molecular flexibility index (Phi) is 3.76. The summed E-state index contributed by atoms with van der Waals surface area (Å²) < 4.78 is 2.75. The summed E-state index contributed by atoms with van der Waals surface area (Å²) in [6.07, 6.45) is 0. The topological polar surface area (TPSA) is 8.17 Å². The lowest BCUT2D eigenvalue weighted by atomic mass is 9.44. The molecule has 0 N–H and O–H groups in total. The molecule has 0 unspecified atom stereocenters. The Balaban J connectivity index is 1.42. The lowest BCUT2D eigenvalue weighted by Crippen LogP contribution is -2.58. The fraction of sp³-hybridized carbons (Fsp3) is 0.111. The van der Waals surface area contributed by atoms with Crippen molar-refractivity contribution in [1.29, 1.82) is 0 Å². The van der Waals surface area contributed by atoms with Crippen molar-refractivity contribution in [3.8, 4) is 22.3 Å². The van der Waals surface area contributed by atoms with Crippen LogP contribution < -0.4 is 15.8 Å². The zero-order valence-corrected chi connectivity index (χ0v) is 23.4. The first-order chi connectivity index (χ1) is 19.5. The Hall–Kier alpha value is -4.15. The van der Waals surface area contributed by atoms with Gasteiger partial charge in [-0.25, -0.2) is 0 Å². The Morgan fingerprint density at radius 2 is 1.50 bits per heavy atom. The highest BCUT2D eigenvalue weighted by Crippen LogP contribution is 2.57. The van der Waals surface area contributed by atoms with E-state index in [4.69, 9.17) is 0 Å². The average Bonchev–Trinajstić information content (AvgIpc) is 3.44. The minimum Gasteiger partial charge on any atom is -0.378 e. The van der Waals surface area contributed by atoms with Gasteiger partial charge in [0.25, 0.3) is 0 Å². The molecule has 2 nitrogen and oxygen atoms in total. The van der Waals surface area contributed by atoms with Gasteiger partial charge in [0.15, 0.2) is 0 Å². The molecule has 6 aromatic rings. The highest BCUT2D eigenvalue weighted by molar-refractivity contribution is 7.99. The van der Waals surface area contributed by atoms with Gasteiger partial charge in [-0.3, -0.25) is 0 Å². The van der Waals surface area contributed by atoms with Crippen LogP contribution in [0.25, 0.3) is 33.2 Å². The third-order valence-corrected chi connectivity index (χ3v) is 10.8. The van der Waals surface area contributed by atoms with E-state index in [1.807, 2.05) is 11.8 Å². The van der Waals surface area contributed by atoms with E-state index in [2.05, 4.69) is 127 Å². The Labute approximate surface area is 238 Å². The van der Waals surface area contributed by atoms with Crippen molar-refractivity contribution in [2.75, 3.05) is 4.90 Å². The first-order valence-corrected chi connectivity index (χ1v) is 15.0. The van der Waals surface area contributed by atoms with Crippen LogP contribution in [-0.4, -0.2) is 11.3 Å². The predicted octanol–water partition coefficient (Wildman–Crippen LogP) is 8.14. The molecule has 0 radical (unpaired) electrons. The van der Waals surface area contributed by atoms with E-state index >= 15 is 0 Å². The van der Waals surface area contributed by atoms with Gasteiger partial charge in [0.1, 0.15) is 0 Å². The van der Waals surface area contributed by atoms with Gasteiger partial charge < -0.3 is 9.38 Å². The summed E-state index contributed by atoms with van der Waals surface area (Å²) in [7, 11) is 0. The van der Waals surface area contributed by atoms with Gasteiger partial charge in [0, 0.05) is 48.6 Å². The summed E-state index contributed by atoms with van der Waals surface area (Å²) in [6.45, 7) is 7.22. The van der Waals surface area contributed by atoms with Crippen LogP contribution in [0, 0.1) is 6.92 Å². The fourth-order valence-electron chi connectivity index (χ4n) is 8.30. The maximum atomic E-state index is 2.75. The predicted molar refractivity (Wildman–Crippen MR) is 169 cm³/mol. The molecule has 10 rings (SSSR count). The molecule has 3 aliphatic heterocycles. The van der Waals surface area contributed by atoms with Gasteiger partial charge in [-0.1, -0.05) is 98.4 Å². The molecule has 0 bridgehead atoms. The Morgan fingerprint density at radius 1 is 0.725 bits per heavy atom. The minimum atomic E-state index is -0.0993. The van der Waals surface area contributed by atoms with Gasteiger partial charge in [-0.05, 0) is 64.4 Å². The van der Waals surface area contributed by atoms with Crippen LogP contribution in [0.3, 0.4) is 0 Å². The summed E-state index contributed by atoms with van der Waals surface area (Å²) in [5.74, 6) is 0. The SMILES string of the molecule is Cc1cc2c3c(c1)N1c4ccccc4Sc4cccc(c41)B3n1c3c(c4cccc-2c41)-c1ccccc1C3(C)C. The number of hydrogen-bond donors (Lipinski definition) is 0. The van der Waals surface area contributed by atoms with E-state index in [0.29, 0.717) is 0 Å². The van der Waals surface area contributed by atoms with Gasteiger partial charge in [-0.2, -0.15) is 0 Å². The maximum Gasteiger partial charge on any atom is 0.332 e. The molecule has 40 heavy (non-hydrogen) atoms. The van der Waals surface area contributed by atoms with Crippen LogP contribution in [0.1, 0.15) is 30.7 Å². The molecule has 4 heteroatoms. The molecule has 0 saturated heterocycles. The maximum absolute atomic E-state index is 2.75. The molecule has 1 aliphatic carbocycles. The third kappa shape index (κ3) is 2.31. The van der Waals surface area contributed by atoms with Crippen molar-refractivity contribution in [2.24, 2.45) is 0 Å². The first-order valence-electron chi connectivity index (χ1n) is 14.2. The summed E-state index contributed by atoms with van der Waals surface area (Å²) in [6, 6.07) is 36.8. The summed E-state index contributed by atoms with van der Waals surface area (Å²) in [5.41, 5.74) is 17.8. The van der Waals surface area contributed by atoms with Crippen molar-refractivity contribution in [2.45, 2.75) is 36.0 Å². The molecule has 0 spiro atoms. The number of para-hydroxylation sites is 3.